The fourth-order valence-corrected chi connectivity index (χ4v) is 0.955. The van der Waals surface area contributed by atoms with Crippen LogP contribution >= 0.6 is 0 Å². The van der Waals surface area contributed by atoms with Gasteiger partial charge in [0, 0.05) is 0 Å². The van der Waals surface area contributed by atoms with Gasteiger partial charge in [-0.05, 0) is 25.9 Å². The van der Waals surface area contributed by atoms with Crippen molar-refractivity contribution in [3.8, 4) is 0 Å². The molecule has 0 rings (SSSR count). The van der Waals surface area contributed by atoms with E-state index in [-0.39, 0.29) is 5.92 Å². The van der Waals surface area contributed by atoms with E-state index >= 15 is 0 Å². The number of nitrogens with one attached hydrogen (secondary N) is 1. The van der Waals surface area contributed by atoms with Gasteiger partial charge in [0.2, 0.25) is 0 Å². The Bertz CT molecular complexity index is 115. The largest absolute Gasteiger partial charge is 0.481 e. The van der Waals surface area contributed by atoms with Gasteiger partial charge in [0.05, 0.1) is 5.92 Å². The van der Waals surface area contributed by atoms with Crippen molar-refractivity contribution in [2.45, 2.75) is 26.7 Å². The molecular weight excluding hydrogens is 142 g/mol. The predicted molar refractivity (Wildman–Crippen MR) is 44.6 cm³/mol. The number of carboxylic acids is 1. The Labute approximate surface area is 67.8 Å². The molecule has 0 amide bonds. The second kappa shape index (κ2) is 6.16. The van der Waals surface area contributed by atoms with E-state index in [9.17, 15) is 4.79 Å². The summed E-state index contributed by atoms with van der Waals surface area (Å²) in [5.41, 5.74) is 0. The van der Waals surface area contributed by atoms with Gasteiger partial charge in [0.25, 0.3) is 0 Å². The quantitative estimate of drug-likeness (QED) is 0.570. The predicted octanol–water partition coefficient (Wildman–Crippen LogP) is 1.10. The molecule has 0 bridgehead atoms. The maximum absolute atomic E-state index is 10.5. The summed E-state index contributed by atoms with van der Waals surface area (Å²) in [5.74, 6) is -0.848. The highest BCUT2D eigenvalue weighted by atomic mass is 16.4. The molecule has 1 atom stereocenters. The van der Waals surface area contributed by atoms with E-state index in [1.807, 2.05) is 13.8 Å². The molecule has 0 fully saturated rings. The van der Waals surface area contributed by atoms with Gasteiger partial charge in [-0.3, -0.25) is 4.79 Å². The molecule has 0 aromatic heterocycles. The molecule has 66 valence electrons. The zero-order chi connectivity index (χ0) is 8.69. The summed E-state index contributed by atoms with van der Waals surface area (Å²) in [5, 5.41) is 11.7. The van der Waals surface area contributed by atoms with Gasteiger partial charge in [-0.2, -0.15) is 0 Å². The highest BCUT2D eigenvalue weighted by Crippen LogP contribution is 2.06. The van der Waals surface area contributed by atoms with Crippen molar-refractivity contribution in [1.29, 1.82) is 0 Å². The summed E-state index contributed by atoms with van der Waals surface area (Å²) in [6, 6.07) is 0. The van der Waals surface area contributed by atoms with Crippen LogP contribution in [0.5, 0.6) is 0 Å². The van der Waals surface area contributed by atoms with Crippen LogP contribution in [0, 0.1) is 5.92 Å². The van der Waals surface area contributed by atoms with Crippen LogP contribution in [0.3, 0.4) is 0 Å². The number of aliphatic carboxylic acids is 1. The molecule has 0 aromatic carbocycles. The van der Waals surface area contributed by atoms with Crippen LogP contribution in [0.1, 0.15) is 26.7 Å². The maximum atomic E-state index is 10.5. The van der Waals surface area contributed by atoms with Crippen LogP contribution in [0.15, 0.2) is 0 Å². The summed E-state index contributed by atoms with van der Waals surface area (Å²) in [6.07, 6.45) is 1.46. The number of hydrogen-bond donors (Lipinski definition) is 2. The van der Waals surface area contributed by atoms with Gasteiger partial charge in [0.15, 0.2) is 0 Å². The molecule has 0 spiro atoms. The minimum absolute atomic E-state index is 0.172. The van der Waals surface area contributed by atoms with E-state index < -0.39 is 5.97 Å². The second-order valence-corrected chi connectivity index (χ2v) is 2.59. The standard InChI is InChI=1S/C8H17NO2/c1-3-7(8(10)11)5-6-9-4-2/h7,9H,3-6H2,1-2H3,(H,10,11). The van der Waals surface area contributed by atoms with Crippen molar-refractivity contribution in [2.24, 2.45) is 5.92 Å². The van der Waals surface area contributed by atoms with E-state index in [2.05, 4.69) is 5.32 Å². The summed E-state index contributed by atoms with van der Waals surface area (Å²) in [7, 11) is 0. The van der Waals surface area contributed by atoms with E-state index in [4.69, 9.17) is 5.11 Å². The van der Waals surface area contributed by atoms with E-state index in [0.717, 1.165) is 25.9 Å². The highest BCUT2D eigenvalue weighted by molar-refractivity contribution is 5.69. The van der Waals surface area contributed by atoms with E-state index in [1.54, 1.807) is 0 Å². The van der Waals surface area contributed by atoms with E-state index in [0.29, 0.717) is 0 Å². The first-order chi connectivity index (χ1) is 5.22. The summed E-state index contributed by atoms with van der Waals surface area (Å²) >= 11 is 0. The Kier molecular flexibility index (Phi) is 5.84. The van der Waals surface area contributed by atoms with Crippen molar-refractivity contribution in [1.82, 2.24) is 5.32 Å². The van der Waals surface area contributed by atoms with Crippen LogP contribution < -0.4 is 5.32 Å². The molecule has 0 radical (unpaired) electrons. The van der Waals surface area contributed by atoms with Crippen LogP contribution in [-0.4, -0.2) is 24.2 Å². The average Bonchev–Trinajstić information content (AvgIpc) is 1.97. The fourth-order valence-electron chi connectivity index (χ4n) is 0.955. The van der Waals surface area contributed by atoms with Crippen molar-refractivity contribution in [2.75, 3.05) is 13.1 Å². The Balaban J connectivity index is 3.44. The van der Waals surface area contributed by atoms with Crippen LogP contribution in [-0.2, 0) is 4.79 Å². The third-order valence-electron chi connectivity index (χ3n) is 1.76. The molecule has 0 aliphatic carbocycles. The lowest BCUT2D eigenvalue weighted by molar-refractivity contribution is -0.142. The lowest BCUT2D eigenvalue weighted by Gasteiger charge is -2.08. The molecule has 0 aromatic rings. The Morgan fingerprint density at radius 2 is 2.18 bits per heavy atom. The monoisotopic (exact) mass is 159 g/mol. The van der Waals surface area contributed by atoms with Gasteiger partial charge in [-0.25, -0.2) is 0 Å². The number of carboxylic acid groups (broad SMARTS) is 1. The first-order valence-corrected chi connectivity index (χ1v) is 4.15. The molecule has 0 aliphatic heterocycles. The van der Waals surface area contributed by atoms with Crippen LogP contribution in [0.2, 0.25) is 0 Å². The molecule has 0 heterocycles. The third-order valence-corrected chi connectivity index (χ3v) is 1.76. The zero-order valence-electron chi connectivity index (χ0n) is 7.26. The first-order valence-electron chi connectivity index (χ1n) is 4.15. The van der Waals surface area contributed by atoms with Crippen molar-refractivity contribution in [3.63, 3.8) is 0 Å². The minimum atomic E-state index is -0.676. The van der Waals surface area contributed by atoms with Gasteiger partial charge in [-0.15, -0.1) is 0 Å². The topological polar surface area (TPSA) is 49.3 Å². The number of hydrogen-bond acceptors (Lipinski definition) is 2. The molecule has 2 N–H and O–H groups in total. The lowest BCUT2D eigenvalue weighted by Crippen LogP contribution is -2.21. The molecule has 0 saturated heterocycles. The van der Waals surface area contributed by atoms with Crippen molar-refractivity contribution >= 4 is 5.97 Å². The first kappa shape index (κ1) is 10.4. The molecular formula is C8H17NO2. The molecule has 11 heavy (non-hydrogen) atoms. The number of rotatable bonds is 6. The maximum Gasteiger partial charge on any atom is 0.306 e. The van der Waals surface area contributed by atoms with E-state index in [1.165, 1.54) is 0 Å². The van der Waals surface area contributed by atoms with Gasteiger partial charge in [-0.1, -0.05) is 13.8 Å². The summed E-state index contributed by atoms with van der Waals surface area (Å²) in [6.45, 7) is 5.64. The summed E-state index contributed by atoms with van der Waals surface area (Å²) in [4.78, 5) is 10.5. The van der Waals surface area contributed by atoms with Gasteiger partial charge < -0.3 is 10.4 Å². The SMILES string of the molecule is CCNCCC(CC)C(=O)O. The molecule has 3 nitrogen and oxygen atoms in total. The fraction of sp³-hybridized carbons (Fsp3) is 0.875. The van der Waals surface area contributed by atoms with Crippen molar-refractivity contribution in [3.05, 3.63) is 0 Å². The molecule has 0 aliphatic rings. The summed E-state index contributed by atoms with van der Waals surface area (Å²) < 4.78 is 0. The zero-order valence-corrected chi connectivity index (χ0v) is 7.26. The Hall–Kier alpha value is -0.570. The Morgan fingerprint density at radius 1 is 1.55 bits per heavy atom. The van der Waals surface area contributed by atoms with Gasteiger partial charge in [0.1, 0.15) is 0 Å². The van der Waals surface area contributed by atoms with Crippen LogP contribution in [0.4, 0.5) is 0 Å². The van der Waals surface area contributed by atoms with Crippen molar-refractivity contribution < 1.29 is 9.90 Å². The van der Waals surface area contributed by atoms with Gasteiger partial charge >= 0.3 is 5.97 Å². The normalized spacial score (nSPS) is 12.9. The average molecular weight is 159 g/mol. The molecule has 3 heteroatoms. The lowest BCUT2D eigenvalue weighted by atomic mass is 10.0. The second-order valence-electron chi connectivity index (χ2n) is 2.59. The minimum Gasteiger partial charge on any atom is -0.481 e. The number of carbonyl (C=O) groups is 1. The molecule has 0 saturated carbocycles. The molecule has 1 unspecified atom stereocenters. The van der Waals surface area contributed by atoms with Crippen LogP contribution in [0.25, 0.3) is 0 Å². The third kappa shape index (κ3) is 4.79. The Morgan fingerprint density at radius 3 is 2.55 bits per heavy atom. The smallest absolute Gasteiger partial charge is 0.306 e. The highest BCUT2D eigenvalue weighted by Gasteiger charge is 2.13.